The third-order valence-corrected chi connectivity index (χ3v) is 6.51. The molecular formula is C25H28F3N5O3. The Labute approximate surface area is 206 Å². The maximum Gasteiger partial charge on any atom is 0.419 e. The first-order valence-corrected chi connectivity index (χ1v) is 11.9. The van der Waals surface area contributed by atoms with Crippen LogP contribution in [0, 0.1) is 5.92 Å². The molecule has 192 valence electrons. The average Bonchev–Trinajstić information content (AvgIpc) is 3.55. The minimum atomic E-state index is -4.45. The molecule has 2 atom stereocenters. The van der Waals surface area contributed by atoms with Crippen LogP contribution in [0.5, 0.6) is 0 Å². The summed E-state index contributed by atoms with van der Waals surface area (Å²) in [5.41, 5.74) is 0.673. The Morgan fingerprint density at radius 3 is 2.47 bits per heavy atom. The molecule has 2 aliphatic rings. The molecule has 1 saturated carbocycles. The number of benzene rings is 1. The van der Waals surface area contributed by atoms with Crippen molar-refractivity contribution in [1.29, 1.82) is 0 Å². The smallest absolute Gasteiger partial charge is 0.419 e. The number of aliphatic imine (C=N–C) groups is 1. The van der Waals surface area contributed by atoms with Crippen molar-refractivity contribution in [2.24, 2.45) is 10.9 Å². The molecule has 1 amide bonds. The summed E-state index contributed by atoms with van der Waals surface area (Å²) in [5, 5.41) is 18.7. The molecule has 2 heterocycles. The fourth-order valence-electron chi connectivity index (χ4n) is 4.62. The molecule has 11 heteroatoms. The van der Waals surface area contributed by atoms with Crippen LogP contribution in [0.3, 0.4) is 0 Å². The number of alkyl halides is 3. The lowest BCUT2D eigenvalue weighted by atomic mass is 9.90. The van der Waals surface area contributed by atoms with Crippen LogP contribution in [-0.2, 0) is 11.0 Å². The zero-order valence-electron chi connectivity index (χ0n) is 19.5. The van der Waals surface area contributed by atoms with E-state index >= 15 is 0 Å². The molecule has 1 fully saturated rings. The standard InChI is InChI=1S/C25H28F3N5O3/c26-25(27,28)19-13-31-33(15-19)21-10-9-20(14-30-21)32-23(16-3-1-2-4-16)17-5-7-18(8-6-17)24(36)29-12-11-22(34)35/h5-8,10,13-16,20,23,32H,1-4,9,11-12H2,(H,29,36)(H,34,35). The molecule has 4 rings (SSSR count). The number of nitrogens with zero attached hydrogens (tertiary/aromatic N) is 3. The molecule has 2 aromatic rings. The van der Waals surface area contributed by atoms with E-state index in [1.165, 1.54) is 0 Å². The van der Waals surface area contributed by atoms with Gasteiger partial charge in [0.05, 0.1) is 18.2 Å². The molecule has 2 unspecified atom stereocenters. The zero-order chi connectivity index (χ0) is 25.7. The van der Waals surface area contributed by atoms with E-state index in [2.05, 4.69) is 20.7 Å². The second kappa shape index (κ2) is 11.1. The van der Waals surface area contributed by atoms with Crippen molar-refractivity contribution >= 4 is 23.9 Å². The number of hydrogen-bond acceptors (Lipinski definition) is 5. The van der Waals surface area contributed by atoms with Crippen LogP contribution in [0.4, 0.5) is 13.2 Å². The van der Waals surface area contributed by atoms with Crippen molar-refractivity contribution in [3.8, 4) is 0 Å². The van der Waals surface area contributed by atoms with Crippen molar-refractivity contribution in [3.63, 3.8) is 0 Å². The predicted octanol–water partition coefficient (Wildman–Crippen LogP) is 4.27. The van der Waals surface area contributed by atoms with E-state index in [1.54, 1.807) is 24.4 Å². The van der Waals surface area contributed by atoms with Crippen LogP contribution >= 0.6 is 0 Å². The van der Waals surface area contributed by atoms with Crippen molar-refractivity contribution in [1.82, 2.24) is 20.4 Å². The van der Waals surface area contributed by atoms with Gasteiger partial charge in [0.25, 0.3) is 5.91 Å². The summed E-state index contributed by atoms with van der Waals surface area (Å²) in [6.07, 6.45) is 5.59. The molecule has 0 spiro atoms. The molecule has 1 aromatic heterocycles. The molecule has 1 aliphatic carbocycles. The maximum absolute atomic E-state index is 12.9. The van der Waals surface area contributed by atoms with Crippen molar-refractivity contribution in [3.05, 3.63) is 59.4 Å². The Morgan fingerprint density at radius 1 is 1.17 bits per heavy atom. The fourth-order valence-corrected chi connectivity index (χ4v) is 4.62. The molecule has 0 radical (unpaired) electrons. The van der Waals surface area contributed by atoms with E-state index in [9.17, 15) is 22.8 Å². The molecule has 0 bridgehead atoms. The lowest BCUT2D eigenvalue weighted by molar-refractivity contribution is -0.138. The van der Waals surface area contributed by atoms with Crippen LogP contribution < -0.4 is 10.6 Å². The second-order valence-corrected chi connectivity index (χ2v) is 9.06. The van der Waals surface area contributed by atoms with Gasteiger partial charge in [0.15, 0.2) is 0 Å². The van der Waals surface area contributed by atoms with Crippen molar-refractivity contribution in [2.75, 3.05) is 6.54 Å². The molecule has 36 heavy (non-hydrogen) atoms. The van der Waals surface area contributed by atoms with Gasteiger partial charge in [-0.2, -0.15) is 18.3 Å². The van der Waals surface area contributed by atoms with E-state index in [4.69, 9.17) is 5.11 Å². The summed E-state index contributed by atoms with van der Waals surface area (Å²) in [5.74, 6) is -0.531. The normalized spacial score (nSPS) is 19.2. The van der Waals surface area contributed by atoms with Gasteiger partial charge in [-0.1, -0.05) is 25.0 Å². The van der Waals surface area contributed by atoms with E-state index in [-0.39, 0.29) is 31.0 Å². The SMILES string of the molecule is O=C(O)CCNC(=O)c1ccc(C(NC2C=NC(n3cc(C(F)(F)F)cn3)=CC2)C2CCCC2)cc1. The van der Waals surface area contributed by atoms with Gasteiger partial charge in [-0.05, 0) is 49.0 Å². The van der Waals surface area contributed by atoms with Gasteiger partial charge in [0.1, 0.15) is 5.82 Å². The highest BCUT2D eigenvalue weighted by atomic mass is 19.4. The number of amides is 1. The van der Waals surface area contributed by atoms with E-state index < -0.39 is 17.7 Å². The number of halogens is 3. The van der Waals surface area contributed by atoms with E-state index in [1.807, 2.05) is 12.1 Å². The number of carbonyl (C=O) groups is 2. The van der Waals surface area contributed by atoms with E-state index in [0.29, 0.717) is 23.7 Å². The maximum atomic E-state index is 12.9. The Bertz CT molecular complexity index is 1130. The Kier molecular flexibility index (Phi) is 7.88. The topological polar surface area (TPSA) is 109 Å². The summed E-state index contributed by atoms with van der Waals surface area (Å²) in [6.45, 7) is 0.0642. The van der Waals surface area contributed by atoms with Crippen LogP contribution in [0.15, 0.2) is 47.7 Å². The number of hydrogen-bond donors (Lipinski definition) is 3. The van der Waals surface area contributed by atoms with Gasteiger partial charge in [-0.3, -0.25) is 9.59 Å². The quantitative estimate of drug-likeness (QED) is 0.474. The number of carbonyl (C=O) groups excluding carboxylic acids is 1. The number of rotatable bonds is 9. The highest BCUT2D eigenvalue weighted by molar-refractivity contribution is 5.94. The lowest BCUT2D eigenvalue weighted by Crippen LogP contribution is -2.38. The molecule has 0 saturated heterocycles. The van der Waals surface area contributed by atoms with Crippen molar-refractivity contribution in [2.45, 2.75) is 56.8 Å². The number of carboxylic acid groups (broad SMARTS) is 1. The molecule has 1 aliphatic heterocycles. The third-order valence-electron chi connectivity index (χ3n) is 6.51. The first kappa shape index (κ1) is 25.6. The molecule has 1 aromatic carbocycles. The third kappa shape index (κ3) is 6.39. The van der Waals surface area contributed by atoms with Crippen LogP contribution in [0.1, 0.15) is 66.1 Å². The Balaban J connectivity index is 1.41. The summed E-state index contributed by atoms with van der Waals surface area (Å²) in [6, 6.07) is 7.22. The Morgan fingerprint density at radius 2 is 1.89 bits per heavy atom. The summed E-state index contributed by atoms with van der Waals surface area (Å²) >= 11 is 0. The molecule has 8 nitrogen and oxygen atoms in total. The minimum absolute atomic E-state index is 0.0320. The average molecular weight is 504 g/mol. The largest absolute Gasteiger partial charge is 0.481 e. The van der Waals surface area contributed by atoms with Gasteiger partial charge in [-0.15, -0.1) is 0 Å². The fraction of sp³-hybridized carbons (Fsp3) is 0.440. The van der Waals surface area contributed by atoms with Crippen LogP contribution in [0.2, 0.25) is 0 Å². The minimum Gasteiger partial charge on any atom is -0.481 e. The van der Waals surface area contributed by atoms with Crippen molar-refractivity contribution < 1.29 is 27.9 Å². The summed E-state index contributed by atoms with van der Waals surface area (Å²) in [7, 11) is 0. The summed E-state index contributed by atoms with van der Waals surface area (Å²) in [4.78, 5) is 27.2. The first-order chi connectivity index (χ1) is 17.2. The van der Waals surface area contributed by atoms with Crippen LogP contribution in [0.25, 0.3) is 5.82 Å². The highest BCUT2D eigenvalue weighted by Crippen LogP contribution is 2.36. The first-order valence-electron chi connectivity index (χ1n) is 11.9. The molecular weight excluding hydrogens is 475 g/mol. The number of carboxylic acids is 1. The molecule has 3 N–H and O–H groups in total. The Hall–Kier alpha value is -3.47. The van der Waals surface area contributed by atoms with Gasteiger partial charge in [0, 0.05) is 36.6 Å². The van der Waals surface area contributed by atoms with Gasteiger partial charge in [0.2, 0.25) is 0 Å². The predicted molar refractivity (Wildman–Crippen MR) is 127 cm³/mol. The lowest BCUT2D eigenvalue weighted by Gasteiger charge is -2.29. The number of aromatic nitrogens is 2. The highest BCUT2D eigenvalue weighted by Gasteiger charge is 2.33. The van der Waals surface area contributed by atoms with Crippen LogP contribution in [-0.4, -0.2) is 45.6 Å². The van der Waals surface area contributed by atoms with Gasteiger partial charge in [-0.25, -0.2) is 9.67 Å². The number of nitrogens with one attached hydrogen (secondary N) is 2. The second-order valence-electron chi connectivity index (χ2n) is 9.06. The van der Waals surface area contributed by atoms with E-state index in [0.717, 1.165) is 48.3 Å². The monoisotopic (exact) mass is 503 g/mol. The summed E-state index contributed by atoms with van der Waals surface area (Å²) < 4.78 is 39.7. The van der Waals surface area contributed by atoms with Gasteiger partial charge >= 0.3 is 12.1 Å². The van der Waals surface area contributed by atoms with Gasteiger partial charge < -0.3 is 15.7 Å². The zero-order valence-corrected chi connectivity index (χ0v) is 19.5. The number of aliphatic carboxylic acids is 1.